The highest BCUT2D eigenvalue weighted by molar-refractivity contribution is 6.13. The molecule has 0 bridgehead atoms. The maximum atomic E-state index is 5.18. The van der Waals surface area contributed by atoms with Gasteiger partial charge >= 0.3 is 0 Å². The van der Waals surface area contributed by atoms with E-state index in [0.717, 1.165) is 50.2 Å². The Labute approximate surface area is 313 Å². The van der Waals surface area contributed by atoms with E-state index in [1.165, 1.54) is 43.6 Å². The standard InChI is InChI=1S/C51H33N3/c1-2-10-34(11-3-1)35-18-28-40(29-19-35)51-53-49(31-50(54-51)39-26-22-37(23-27-39)48-33-52-32-42-13-5-7-15-44(42)48)38-24-20-36(21-25-38)47-30-41-12-4-6-14-43(41)45-16-8-9-17-46(45)47/h1-33H. The molecule has 54 heavy (non-hydrogen) atoms. The third-order valence-electron chi connectivity index (χ3n) is 10.4. The minimum Gasteiger partial charge on any atom is -0.263 e. The number of benzene rings is 8. The first-order valence-electron chi connectivity index (χ1n) is 18.2. The van der Waals surface area contributed by atoms with Gasteiger partial charge in [-0.1, -0.05) is 176 Å². The fraction of sp³-hybridized carbons (Fsp3) is 0. The molecule has 0 aliphatic carbocycles. The van der Waals surface area contributed by atoms with E-state index in [-0.39, 0.29) is 0 Å². The summed E-state index contributed by atoms with van der Waals surface area (Å²) in [6.45, 7) is 0. The Bertz CT molecular complexity index is 2950. The Hall–Kier alpha value is -7.23. The average Bonchev–Trinajstić information content (AvgIpc) is 3.26. The van der Waals surface area contributed by atoms with Crippen LogP contribution in [0.5, 0.6) is 0 Å². The van der Waals surface area contributed by atoms with Crippen molar-refractivity contribution in [3.63, 3.8) is 0 Å². The Morgan fingerprint density at radius 2 is 0.759 bits per heavy atom. The summed E-state index contributed by atoms with van der Waals surface area (Å²) in [4.78, 5) is 14.9. The summed E-state index contributed by atoms with van der Waals surface area (Å²) in [5.41, 5.74) is 11.7. The quantitative estimate of drug-likeness (QED) is 0.163. The SMILES string of the molecule is c1ccc(-c2ccc(-c3nc(-c4ccc(-c5cncc6ccccc56)cc4)cc(-c4ccc(-c5cc6ccccc6c6ccccc56)cc4)n3)cc2)cc1. The lowest BCUT2D eigenvalue weighted by Crippen LogP contribution is -1.96. The van der Waals surface area contributed by atoms with E-state index in [2.05, 4.69) is 187 Å². The van der Waals surface area contributed by atoms with Gasteiger partial charge in [0.15, 0.2) is 5.82 Å². The van der Waals surface area contributed by atoms with Crippen LogP contribution < -0.4 is 0 Å². The number of rotatable bonds is 6. The molecule has 3 heteroatoms. The number of pyridine rings is 1. The summed E-state index contributed by atoms with van der Waals surface area (Å²) in [6, 6.07) is 66.5. The normalized spacial score (nSPS) is 11.3. The second kappa shape index (κ2) is 13.4. The van der Waals surface area contributed by atoms with E-state index in [9.17, 15) is 0 Å². The highest BCUT2D eigenvalue weighted by Gasteiger charge is 2.14. The second-order valence-electron chi connectivity index (χ2n) is 13.7. The first kappa shape index (κ1) is 31.5. The van der Waals surface area contributed by atoms with Crippen LogP contribution in [0.15, 0.2) is 200 Å². The van der Waals surface area contributed by atoms with Crippen molar-refractivity contribution >= 4 is 32.3 Å². The van der Waals surface area contributed by atoms with Crippen molar-refractivity contribution in [1.29, 1.82) is 0 Å². The fourth-order valence-corrected chi connectivity index (χ4v) is 7.60. The largest absolute Gasteiger partial charge is 0.263 e. The molecule has 0 aliphatic heterocycles. The molecule has 0 unspecified atom stereocenters. The number of fused-ring (bicyclic) bond motifs is 4. The van der Waals surface area contributed by atoms with Crippen LogP contribution in [0, 0.1) is 0 Å². The van der Waals surface area contributed by atoms with Crippen molar-refractivity contribution in [3.05, 3.63) is 200 Å². The Morgan fingerprint density at radius 1 is 0.278 bits per heavy atom. The van der Waals surface area contributed by atoms with Crippen molar-refractivity contribution in [3.8, 4) is 67.3 Å². The van der Waals surface area contributed by atoms with E-state index >= 15 is 0 Å². The first-order chi connectivity index (χ1) is 26.7. The fourth-order valence-electron chi connectivity index (χ4n) is 7.60. The zero-order valence-corrected chi connectivity index (χ0v) is 29.4. The summed E-state index contributed by atoms with van der Waals surface area (Å²) < 4.78 is 0. The van der Waals surface area contributed by atoms with Gasteiger partial charge < -0.3 is 0 Å². The van der Waals surface area contributed by atoms with Gasteiger partial charge in [0.05, 0.1) is 11.4 Å². The smallest absolute Gasteiger partial charge is 0.160 e. The molecular formula is C51H33N3. The molecule has 252 valence electrons. The summed E-state index contributed by atoms with van der Waals surface area (Å²) in [5.74, 6) is 0.689. The maximum Gasteiger partial charge on any atom is 0.160 e. The third kappa shape index (κ3) is 5.78. The molecule has 0 atom stereocenters. The van der Waals surface area contributed by atoms with Gasteiger partial charge in [0, 0.05) is 40.0 Å². The lowest BCUT2D eigenvalue weighted by molar-refractivity contribution is 1.18. The van der Waals surface area contributed by atoms with Gasteiger partial charge in [-0.2, -0.15) is 0 Å². The molecule has 0 N–H and O–H groups in total. The van der Waals surface area contributed by atoms with Crippen LogP contribution in [0.1, 0.15) is 0 Å². The lowest BCUT2D eigenvalue weighted by atomic mass is 9.92. The van der Waals surface area contributed by atoms with Gasteiger partial charge in [0.2, 0.25) is 0 Å². The van der Waals surface area contributed by atoms with Gasteiger partial charge in [-0.3, -0.25) is 4.98 Å². The molecule has 8 aromatic carbocycles. The van der Waals surface area contributed by atoms with Gasteiger partial charge in [-0.25, -0.2) is 9.97 Å². The van der Waals surface area contributed by atoms with E-state index in [1.54, 1.807) is 0 Å². The topological polar surface area (TPSA) is 38.7 Å². The Balaban J connectivity index is 1.06. The number of hydrogen-bond acceptors (Lipinski definition) is 3. The predicted octanol–water partition coefficient (Wildman–Crippen LogP) is 13.3. The molecule has 0 radical (unpaired) electrons. The van der Waals surface area contributed by atoms with Crippen molar-refractivity contribution in [1.82, 2.24) is 15.0 Å². The maximum absolute atomic E-state index is 5.18. The van der Waals surface area contributed by atoms with Gasteiger partial charge in [-0.05, 0) is 66.9 Å². The minimum absolute atomic E-state index is 0.689. The zero-order valence-electron chi connectivity index (χ0n) is 29.4. The van der Waals surface area contributed by atoms with Crippen molar-refractivity contribution in [2.24, 2.45) is 0 Å². The van der Waals surface area contributed by atoms with E-state index < -0.39 is 0 Å². The number of nitrogens with zero attached hydrogens (tertiary/aromatic N) is 3. The third-order valence-corrected chi connectivity index (χ3v) is 10.4. The van der Waals surface area contributed by atoms with Crippen LogP contribution in [-0.2, 0) is 0 Å². The molecule has 0 fully saturated rings. The number of hydrogen-bond donors (Lipinski definition) is 0. The van der Waals surface area contributed by atoms with Crippen LogP contribution in [0.3, 0.4) is 0 Å². The summed E-state index contributed by atoms with van der Waals surface area (Å²) in [5, 5.41) is 7.33. The Morgan fingerprint density at radius 3 is 1.44 bits per heavy atom. The van der Waals surface area contributed by atoms with Crippen LogP contribution in [0.2, 0.25) is 0 Å². The minimum atomic E-state index is 0.689. The molecule has 0 spiro atoms. The van der Waals surface area contributed by atoms with Crippen LogP contribution in [-0.4, -0.2) is 15.0 Å². The summed E-state index contributed by atoms with van der Waals surface area (Å²) >= 11 is 0. The van der Waals surface area contributed by atoms with Gasteiger partial charge in [0.1, 0.15) is 0 Å². The molecular weight excluding hydrogens is 655 g/mol. The molecule has 3 nitrogen and oxygen atoms in total. The van der Waals surface area contributed by atoms with Gasteiger partial charge in [-0.15, -0.1) is 0 Å². The van der Waals surface area contributed by atoms with E-state index in [4.69, 9.17) is 9.97 Å². The summed E-state index contributed by atoms with van der Waals surface area (Å²) in [6.07, 6.45) is 3.86. The number of aromatic nitrogens is 3. The lowest BCUT2D eigenvalue weighted by Gasteiger charge is -2.13. The van der Waals surface area contributed by atoms with Crippen LogP contribution in [0.25, 0.3) is 99.6 Å². The van der Waals surface area contributed by atoms with E-state index in [0.29, 0.717) is 5.82 Å². The van der Waals surface area contributed by atoms with Crippen molar-refractivity contribution in [2.75, 3.05) is 0 Å². The van der Waals surface area contributed by atoms with Crippen LogP contribution in [0.4, 0.5) is 0 Å². The average molecular weight is 688 g/mol. The van der Waals surface area contributed by atoms with Crippen molar-refractivity contribution in [2.45, 2.75) is 0 Å². The molecule has 0 saturated carbocycles. The molecule has 2 aromatic heterocycles. The first-order valence-corrected chi connectivity index (χ1v) is 18.2. The molecule has 10 aromatic rings. The predicted molar refractivity (Wildman–Crippen MR) is 225 cm³/mol. The molecule has 10 rings (SSSR count). The van der Waals surface area contributed by atoms with Crippen molar-refractivity contribution < 1.29 is 0 Å². The zero-order chi connectivity index (χ0) is 35.8. The molecule has 0 amide bonds. The Kier molecular flexibility index (Phi) is 7.81. The summed E-state index contributed by atoms with van der Waals surface area (Å²) in [7, 11) is 0. The second-order valence-corrected chi connectivity index (χ2v) is 13.7. The highest BCUT2D eigenvalue weighted by atomic mass is 14.9. The monoisotopic (exact) mass is 687 g/mol. The van der Waals surface area contributed by atoms with Gasteiger partial charge in [0.25, 0.3) is 0 Å². The molecule has 0 saturated heterocycles. The molecule has 0 aliphatic rings. The van der Waals surface area contributed by atoms with E-state index in [1.807, 2.05) is 18.5 Å². The highest BCUT2D eigenvalue weighted by Crippen LogP contribution is 2.37. The van der Waals surface area contributed by atoms with Crippen LogP contribution >= 0.6 is 0 Å². The molecule has 2 heterocycles.